The van der Waals surface area contributed by atoms with Crippen molar-refractivity contribution in [1.82, 2.24) is 4.98 Å². The smallest absolute Gasteiger partial charge is 0.171 e. The second kappa shape index (κ2) is 4.65. The number of thiazole rings is 1. The van der Waals surface area contributed by atoms with E-state index in [0.29, 0.717) is 9.90 Å². The van der Waals surface area contributed by atoms with E-state index < -0.39 is 0 Å². The predicted molar refractivity (Wildman–Crippen MR) is 70.3 cm³/mol. The van der Waals surface area contributed by atoms with E-state index in [4.69, 9.17) is 11.6 Å². The summed E-state index contributed by atoms with van der Waals surface area (Å²) in [6.45, 7) is 1.53. The van der Waals surface area contributed by atoms with Crippen molar-refractivity contribution in [2.45, 2.75) is 6.92 Å². The maximum Gasteiger partial charge on any atom is 0.171 e. The SMILES string of the molecule is CC(=O)c1cnc(-c2ccc(Br)c(Cl)c2)s1. The maximum absolute atomic E-state index is 11.1. The van der Waals surface area contributed by atoms with Crippen LogP contribution in [0.2, 0.25) is 5.02 Å². The van der Waals surface area contributed by atoms with Crippen molar-refractivity contribution in [3.8, 4) is 10.6 Å². The largest absolute Gasteiger partial charge is 0.294 e. The molecule has 0 atom stereocenters. The van der Waals surface area contributed by atoms with Gasteiger partial charge in [0, 0.05) is 23.2 Å². The molecule has 0 saturated heterocycles. The van der Waals surface area contributed by atoms with Gasteiger partial charge in [0.1, 0.15) is 5.01 Å². The molecule has 82 valence electrons. The maximum atomic E-state index is 11.1. The van der Waals surface area contributed by atoms with E-state index in [1.807, 2.05) is 18.2 Å². The zero-order chi connectivity index (χ0) is 11.7. The average Bonchev–Trinajstić information content (AvgIpc) is 2.71. The summed E-state index contributed by atoms with van der Waals surface area (Å²) in [6, 6.07) is 5.61. The Labute approximate surface area is 110 Å². The van der Waals surface area contributed by atoms with Gasteiger partial charge in [0.25, 0.3) is 0 Å². The van der Waals surface area contributed by atoms with E-state index in [-0.39, 0.29) is 5.78 Å². The normalized spacial score (nSPS) is 10.4. The zero-order valence-corrected chi connectivity index (χ0v) is 11.5. The Hall–Kier alpha value is -0.710. The molecule has 0 spiro atoms. The van der Waals surface area contributed by atoms with Crippen molar-refractivity contribution in [2.75, 3.05) is 0 Å². The Morgan fingerprint density at radius 2 is 2.25 bits per heavy atom. The molecule has 0 aliphatic rings. The molecule has 0 saturated carbocycles. The van der Waals surface area contributed by atoms with E-state index in [1.54, 1.807) is 6.20 Å². The van der Waals surface area contributed by atoms with Gasteiger partial charge in [-0.3, -0.25) is 4.79 Å². The third kappa shape index (κ3) is 2.34. The van der Waals surface area contributed by atoms with Crippen molar-refractivity contribution >= 4 is 44.7 Å². The first-order valence-electron chi connectivity index (χ1n) is 4.50. The molecule has 1 heterocycles. The first-order chi connectivity index (χ1) is 7.58. The van der Waals surface area contributed by atoms with Crippen LogP contribution in [0.25, 0.3) is 10.6 Å². The molecule has 2 rings (SSSR count). The highest BCUT2D eigenvalue weighted by Crippen LogP contribution is 2.31. The lowest BCUT2D eigenvalue weighted by atomic mass is 10.2. The average molecular weight is 317 g/mol. The van der Waals surface area contributed by atoms with Crippen LogP contribution in [0, 0.1) is 0 Å². The van der Waals surface area contributed by atoms with E-state index in [0.717, 1.165) is 15.0 Å². The molecule has 2 aromatic rings. The lowest BCUT2D eigenvalue weighted by Gasteiger charge is -1.98. The van der Waals surface area contributed by atoms with Crippen molar-refractivity contribution in [1.29, 1.82) is 0 Å². The van der Waals surface area contributed by atoms with Gasteiger partial charge in [0.15, 0.2) is 5.78 Å². The quantitative estimate of drug-likeness (QED) is 0.767. The number of hydrogen-bond acceptors (Lipinski definition) is 3. The molecule has 5 heteroatoms. The third-order valence-corrected chi connectivity index (χ3v) is 4.40. The van der Waals surface area contributed by atoms with Crippen LogP contribution in [-0.4, -0.2) is 10.8 Å². The summed E-state index contributed by atoms with van der Waals surface area (Å²) in [7, 11) is 0. The Kier molecular flexibility index (Phi) is 3.42. The highest BCUT2D eigenvalue weighted by Gasteiger charge is 2.09. The van der Waals surface area contributed by atoms with Gasteiger partial charge >= 0.3 is 0 Å². The number of benzene rings is 1. The summed E-state index contributed by atoms with van der Waals surface area (Å²) in [5, 5.41) is 1.44. The second-order valence-corrected chi connectivity index (χ2v) is 5.51. The van der Waals surface area contributed by atoms with Crippen LogP contribution < -0.4 is 0 Å². The van der Waals surface area contributed by atoms with Crippen molar-refractivity contribution in [2.24, 2.45) is 0 Å². The molecule has 2 nitrogen and oxygen atoms in total. The molecule has 1 aromatic heterocycles. The van der Waals surface area contributed by atoms with Gasteiger partial charge < -0.3 is 0 Å². The van der Waals surface area contributed by atoms with Crippen LogP contribution >= 0.6 is 38.9 Å². The van der Waals surface area contributed by atoms with Crippen LogP contribution in [0.1, 0.15) is 16.6 Å². The molecule has 0 unspecified atom stereocenters. The molecule has 0 fully saturated rings. The highest BCUT2D eigenvalue weighted by molar-refractivity contribution is 9.10. The van der Waals surface area contributed by atoms with Gasteiger partial charge in [0.2, 0.25) is 0 Å². The fraction of sp³-hybridized carbons (Fsp3) is 0.0909. The Morgan fingerprint density at radius 3 is 2.81 bits per heavy atom. The van der Waals surface area contributed by atoms with Crippen LogP contribution in [0.15, 0.2) is 28.9 Å². The van der Waals surface area contributed by atoms with Crippen molar-refractivity contribution < 1.29 is 4.79 Å². The molecular weight excluding hydrogens is 310 g/mol. The number of hydrogen-bond donors (Lipinski definition) is 0. The number of rotatable bonds is 2. The van der Waals surface area contributed by atoms with Crippen LogP contribution in [-0.2, 0) is 0 Å². The second-order valence-electron chi connectivity index (χ2n) is 3.21. The van der Waals surface area contributed by atoms with Crippen molar-refractivity contribution in [3.05, 3.63) is 38.8 Å². The molecular formula is C11H7BrClNOS. The molecule has 0 amide bonds. The third-order valence-electron chi connectivity index (χ3n) is 2.02. The first-order valence-corrected chi connectivity index (χ1v) is 6.49. The topological polar surface area (TPSA) is 30.0 Å². The van der Waals surface area contributed by atoms with Gasteiger partial charge in [-0.1, -0.05) is 17.7 Å². The molecule has 0 aliphatic heterocycles. The highest BCUT2D eigenvalue weighted by atomic mass is 79.9. The molecule has 16 heavy (non-hydrogen) atoms. The monoisotopic (exact) mass is 315 g/mol. The summed E-state index contributed by atoms with van der Waals surface area (Å²) in [5.41, 5.74) is 0.922. The van der Waals surface area contributed by atoms with Gasteiger partial charge in [-0.15, -0.1) is 11.3 Å². The Morgan fingerprint density at radius 1 is 1.50 bits per heavy atom. The van der Waals surface area contributed by atoms with Crippen LogP contribution in [0.5, 0.6) is 0 Å². The Bertz CT molecular complexity index is 553. The molecule has 1 aromatic carbocycles. The number of halogens is 2. The van der Waals surface area contributed by atoms with E-state index in [9.17, 15) is 4.79 Å². The number of aromatic nitrogens is 1. The fourth-order valence-electron chi connectivity index (χ4n) is 1.20. The van der Waals surface area contributed by atoms with Gasteiger partial charge in [0.05, 0.1) is 9.90 Å². The lowest BCUT2D eigenvalue weighted by Crippen LogP contribution is -1.83. The van der Waals surface area contributed by atoms with Gasteiger partial charge in [-0.2, -0.15) is 0 Å². The molecule has 0 aliphatic carbocycles. The predicted octanol–water partition coefficient (Wildman–Crippen LogP) is 4.43. The summed E-state index contributed by atoms with van der Waals surface area (Å²) >= 11 is 10.7. The van der Waals surface area contributed by atoms with E-state index in [1.165, 1.54) is 18.3 Å². The summed E-state index contributed by atoms with van der Waals surface area (Å²) in [6.07, 6.45) is 1.60. The summed E-state index contributed by atoms with van der Waals surface area (Å²) < 4.78 is 0.848. The first kappa shape index (κ1) is 11.8. The van der Waals surface area contributed by atoms with Crippen molar-refractivity contribution in [3.63, 3.8) is 0 Å². The number of carbonyl (C=O) groups excluding carboxylic acids is 1. The van der Waals surface area contributed by atoms with Crippen LogP contribution in [0.4, 0.5) is 0 Å². The standard InChI is InChI=1S/C11H7BrClNOS/c1-6(15)10-5-14-11(16-10)7-2-3-8(12)9(13)4-7/h2-5H,1H3. The minimum Gasteiger partial charge on any atom is -0.294 e. The number of carbonyl (C=O) groups is 1. The molecule has 0 N–H and O–H groups in total. The number of Topliss-reactive ketones (excluding diaryl/α,β-unsaturated/α-hetero) is 1. The van der Waals surface area contributed by atoms with Gasteiger partial charge in [-0.25, -0.2) is 4.98 Å². The van der Waals surface area contributed by atoms with Gasteiger partial charge in [-0.05, 0) is 28.1 Å². The lowest BCUT2D eigenvalue weighted by molar-refractivity contribution is 0.102. The fourth-order valence-corrected chi connectivity index (χ4v) is 2.43. The Balaban J connectivity index is 2.42. The number of nitrogens with zero attached hydrogens (tertiary/aromatic N) is 1. The minimum atomic E-state index is 0.0342. The van der Waals surface area contributed by atoms with E-state index >= 15 is 0 Å². The summed E-state index contributed by atoms with van der Waals surface area (Å²) in [4.78, 5) is 16.0. The molecule has 0 radical (unpaired) electrons. The molecule has 0 bridgehead atoms. The van der Waals surface area contributed by atoms with Crippen LogP contribution in [0.3, 0.4) is 0 Å². The zero-order valence-electron chi connectivity index (χ0n) is 8.33. The minimum absolute atomic E-state index is 0.0342. The summed E-state index contributed by atoms with van der Waals surface area (Å²) in [5.74, 6) is 0.0342. The van der Waals surface area contributed by atoms with E-state index in [2.05, 4.69) is 20.9 Å². The number of ketones is 1.